The molecular weight excluding hydrogens is 470 g/mol. The van der Waals surface area contributed by atoms with Crippen molar-refractivity contribution in [2.75, 3.05) is 23.3 Å². The number of fused-ring (bicyclic) bond motifs is 1. The van der Waals surface area contributed by atoms with Crippen LogP contribution in [0.15, 0.2) is 36.4 Å². The zero-order valence-electron chi connectivity index (χ0n) is 19.0. The summed E-state index contributed by atoms with van der Waals surface area (Å²) in [5, 5.41) is 17.9. The summed E-state index contributed by atoms with van der Waals surface area (Å²) < 4.78 is 1.05. The molecule has 1 aliphatic rings. The van der Waals surface area contributed by atoms with Gasteiger partial charge >= 0.3 is 0 Å². The fourth-order valence-electron chi connectivity index (χ4n) is 4.08. The number of rotatable bonds is 7. The van der Waals surface area contributed by atoms with Crippen molar-refractivity contribution in [3.63, 3.8) is 0 Å². The number of aryl methyl sites for hydroxylation is 1. The summed E-state index contributed by atoms with van der Waals surface area (Å²) in [7, 11) is 0. The van der Waals surface area contributed by atoms with Crippen molar-refractivity contribution in [2.45, 2.75) is 45.4 Å². The number of thiocarbonyl (C=S) groups is 1. The Morgan fingerprint density at radius 2 is 2.00 bits per heavy atom. The highest BCUT2D eigenvalue weighted by molar-refractivity contribution is 7.80. The lowest BCUT2D eigenvalue weighted by Crippen LogP contribution is -2.34. The molecule has 0 bridgehead atoms. The molecule has 2 aromatic carbocycles. The number of unbranched alkanes of at least 4 members (excludes halogenated alkanes) is 1. The Labute approximate surface area is 207 Å². The molecular formula is C24H27N5O3S2. The van der Waals surface area contributed by atoms with E-state index < -0.39 is 10.8 Å². The third-order valence-electron chi connectivity index (χ3n) is 5.85. The lowest BCUT2D eigenvalue weighted by atomic mass is 10.1. The Morgan fingerprint density at radius 1 is 1.21 bits per heavy atom. The number of hydrogen-bond donors (Lipinski definition) is 2. The van der Waals surface area contributed by atoms with Gasteiger partial charge in [0, 0.05) is 24.7 Å². The monoisotopic (exact) mass is 497 g/mol. The van der Waals surface area contributed by atoms with Crippen LogP contribution < -0.4 is 15.5 Å². The number of nitrogens with one attached hydrogen (secondary N) is 2. The maximum Gasteiger partial charge on any atom is 0.293 e. The molecule has 0 saturated carbocycles. The van der Waals surface area contributed by atoms with Gasteiger partial charge in [-0.15, -0.1) is 0 Å². The van der Waals surface area contributed by atoms with E-state index in [0.29, 0.717) is 10.8 Å². The number of nitrogens with zero attached hydrogens (tertiary/aromatic N) is 3. The van der Waals surface area contributed by atoms with Crippen molar-refractivity contribution in [1.29, 1.82) is 0 Å². The van der Waals surface area contributed by atoms with Gasteiger partial charge in [-0.05, 0) is 74.2 Å². The van der Waals surface area contributed by atoms with Crippen molar-refractivity contribution in [1.82, 2.24) is 10.3 Å². The fraction of sp³-hybridized carbons (Fsp3) is 0.375. The van der Waals surface area contributed by atoms with Gasteiger partial charge in [0.25, 0.3) is 11.6 Å². The van der Waals surface area contributed by atoms with Gasteiger partial charge in [-0.1, -0.05) is 30.7 Å². The molecule has 1 fully saturated rings. The minimum atomic E-state index is -0.506. The van der Waals surface area contributed by atoms with E-state index in [0.717, 1.165) is 61.8 Å². The van der Waals surface area contributed by atoms with Crippen LogP contribution in [0.1, 0.15) is 54.9 Å². The highest BCUT2D eigenvalue weighted by atomic mass is 32.1. The van der Waals surface area contributed by atoms with E-state index >= 15 is 0 Å². The number of hydrogen-bond acceptors (Lipinski definition) is 7. The molecule has 0 radical (unpaired) electrons. The largest absolute Gasteiger partial charge is 0.366 e. The van der Waals surface area contributed by atoms with Crippen molar-refractivity contribution in [3.05, 3.63) is 57.6 Å². The molecule has 1 amide bonds. The molecule has 0 atom stereocenters. The topological polar surface area (TPSA) is 100 Å². The van der Waals surface area contributed by atoms with Gasteiger partial charge in [0.15, 0.2) is 10.2 Å². The van der Waals surface area contributed by atoms with Gasteiger partial charge in [0.2, 0.25) is 0 Å². The van der Waals surface area contributed by atoms with Crippen LogP contribution in [0.3, 0.4) is 0 Å². The first-order valence-electron chi connectivity index (χ1n) is 11.5. The SMILES string of the molecule is CCCCc1ccc2nc(NC(=S)NC(=O)c3ccc(N4CCCCC4)c([N+](=O)[O-])c3)sc2c1. The van der Waals surface area contributed by atoms with Crippen LogP contribution in [0.5, 0.6) is 0 Å². The highest BCUT2D eigenvalue weighted by Gasteiger charge is 2.23. The Morgan fingerprint density at radius 3 is 2.74 bits per heavy atom. The number of nitro groups is 1. The first-order chi connectivity index (χ1) is 16.4. The van der Waals surface area contributed by atoms with Gasteiger partial charge in [0.05, 0.1) is 15.1 Å². The van der Waals surface area contributed by atoms with E-state index in [2.05, 4.69) is 34.7 Å². The van der Waals surface area contributed by atoms with Crippen LogP contribution in [0.2, 0.25) is 0 Å². The molecule has 2 heterocycles. The Bertz CT molecular complexity index is 1220. The molecule has 0 spiro atoms. The lowest BCUT2D eigenvalue weighted by Gasteiger charge is -2.28. The predicted molar refractivity (Wildman–Crippen MR) is 141 cm³/mol. The van der Waals surface area contributed by atoms with Gasteiger partial charge in [-0.2, -0.15) is 0 Å². The van der Waals surface area contributed by atoms with Gasteiger partial charge in [0.1, 0.15) is 5.69 Å². The van der Waals surface area contributed by atoms with Crippen molar-refractivity contribution >= 4 is 61.3 Å². The standard InChI is InChI=1S/C24H27N5O3S2/c1-2-3-7-16-8-10-18-21(14-16)34-24(25-18)27-23(33)26-22(30)17-9-11-19(20(15-17)29(31)32)28-12-5-4-6-13-28/h8-11,14-15H,2-7,12-13H2,1H3,(H2,25,26,27,30,33). The summed E-state index contributed by atoms with van der Waals surface area (Å²) in [5.41, 5.74) is 2.80. The number of thiazole rings is 1. The number of benzene rings is 2. The summed E-state index contributed by atoms with van der Waals surface area (Å²) in [6.07, 6.45) is 6.46. The van der Waals surface area contributed by atoms with Crippen LogP contribution in [-0.2, 0) is 6.42 Å². The van der Waals surface area contributed by atoms with Crippen molar-refractivity contribution in [2.24, 2.45) is 0 Å². The van der Waals surface area contributed by atoms with Crippen LogP contribution >= 0.6 is 23.6 Å². The van der Waals surface area contributed by atoms with Gasteiger partial charge < -0.3 is 10.2 Å². The zero-order chi connectivity index (χ0) is 24.1. The molecule has 178 valence electrons. The second-order valence-corrected chi connectivity index (χ2v) is 9.78. The smallest absolute Gasteiger partial charge is 0.293 e. The van der Waals surface area contributed by atoms with Crippen molar-refractivity contribution < 1.29 is 9.72 Å². The molecule has 1 saturated heterocycles. The number of carbonyl (C=O) groups excluding carboxylic acids is 1. The molecule has 0 aliphatic carbocycles. The second kappa shape index (κ2) is 10.9. The minimum absolute atomic E-state index is 0.0709. The third-order valence-corrected chi connectivity index (χ3v) is 6.99. The normalized spacial score (nSPS) is 13.6. The van der Waals surface area contributed by atoms with Crippen LogP contribution in [0.25, 0.3) is 10.2 Å². The summed E-state index contributed by atoms with van der Waals surface area (Å²) in [6, 6.07) is 10.8. The van der Waals surface area contributed by atoms with Gasteiger partial charge in [-0.3, -0.25) is 20.2 Å². The molecule has 4 rings (SSSR count). The van der Waals surface area contributed by atoms with Crippen LogP contribution in [-0.4, -0.2) is 34.0 Å². The number of aromatic nitrogens is 1. The Balaban J connectivity index is 1.43. The van der Waals surface area contributed by atoms with E-state index in [1.807, 2.05) is 11.0 Å². The first kappa shape index (κ1) is 24.0. The maximum atomic E-state index is 12.7. The van der Waals surface area contributed by atoms with Crippen molar-refractivity contribution in [3.8, 4) is 0 Å². The fourth-order valence-corrected chi connectivity index (χ4v) is 5.26. The average Bonchev–Trinajstić information content (AvgIpc) is 3.24. The van der Waals surface area contributed by atoms with E-state index in [4.69, 9.17) is 12.2 Å². The molecule has 2 N–H and O–H groups in total. The highest BCUT2D eigenvalue weighted by Crippen LogP contribution is 2.31. The van der Waals surface area contributed by atoms with E-state index in [-0.39, 0.29) is 16.4 Å². The van der Waals surface area contributed by atoms with E-state index in [9.17, 15) is 14.9 Å². The molecule has 8 nitrogen and oxygen atoms in total. The van der Waals surface area contributed by atoms with Crippen LogP contribution in [0.4, 0.5) is 16.5 Å². The molecule has 34 heavy (non-hydrogen) atoms. The van der Waals surface area contributed by atoms with E-state index in [1.165, 1.54) is 23.0 Å². The average molecular weight is 498 g/mol. The number of amides is 1. The molecule has 1 aromatic heterocycles. The molecule has 0 unspecified atom stereocenters. The van der Waals surface area contributed by atoms with Crippen LogP contribution in [0, 0.1) is 10.1 Å². The lowest BCUT2D eigenvalue weighted by molar-refractivity contribution is -0.384. The summed E-state index contributed by atoms with van der Waals surface area (Å²) in [4.78, 5) is 30.5. The number of anilines is 2. The Hall–Kier alpha value is -3.11. The van der Waals surface area contributed by atoms with E-state index in [1.54, 1.807) is 12.1 Å². The molecule has 10 heteroatoms. The summed E-state index contributed by atoms with van der Waals surface area (Å²) in [5.74, 6) is -0.506. The number of nitro benzene ring substituents is 1. The third kappa shape index (κ3) is 5.68. The maximum absolute atomic E-state index is 12.7. The van der Waals surface area contributed by atoms with Gasteiger partial charge in [-0.25, -0.2) is 4.98 Å². The summed E-state index contributed by atoms with van der Waals surface area (Å²) >= 11 is 6.76. The first-order valence-corrected chi connectivity index (χ1v) is 12.7. The molecule has 3 aromatic rings. The second-order valence-electron chi connectivity index (χ2n) is 8.34. The minimum Gasteiger partial charge on any atom is -0.366 e. The number of piperidine rings is 1. The zero-order valence-corrected chi connectivity index (χ0v) is 20.6. The number of carbonyl (C=O) groups is 1. The predicted octanol–water partition coefficient (Wildman–Crippen LogP) is 5.66. The quantitative estimate of drug-likeness (QED) is 0.247. The molecule has 1 aliphatic heterocycles. The summed E-state index contributed by atoms with van der Waals surface area (Å²) in [6.45, 7) is 3.73. The Kier molecular flexibility index (Phi) is 7.69.